The molecular weight excluding hydrogens is 399 g/mol. The summed E-state index contributed by atoms with van der Waals surface area (Å²) in [6.07, 6.45) is 2.71. The Morgan fingerprint density at radius 2 is 1.83 bits per heavy atom. The van der Waals surface area contributed by atoms with Crippen molar-refractivity contribution >= 4 is 29.9 Å². The third kappa shape index (κ3) is 6.99. The molecule has 0 saturated carbocycles. The van der Waals surface area contributed by atoms with Crippen LogP contribution in [-0.4, -0.2) is 31.1 Å². The maximum atomic E-state index is 4.32. The zero-order valence-corrected chi connectivity index (χ0v) is 16.0. The van der Waals surface area contributed by atoms with Crippen LogP contribution in [0.1, 0.15) is 24.1 Å². The van der Waals surface area contributed by atoms with E-state index < -0.39 is 0 Å². The number of aliphatic imine (C=N–C) groups is 1. The summed E-state index contributed by atoms with van der Waals surface area (Å²) < 4.78 is 0. The summed E-state index contributed by atoms with van der Waals surface area (Å²) in [5.41, 5.74) is 2.42. The zero-order chi connectivity index (χ0) is 15.6. The van der Waals surface area contributed by atoms with Crippen LogP contribution in [0.15, 0.2) is 59.7 Å². The van der Waals surface area contributed by atoms with Gasteiger partial charge >= 0.3 is 0 Å². The number of halogens is 1. The average Bonchev–Trinajstić information content (AvgIpc) is 2.59. The standard InChI is InChI=1S/C18H24N4.HI/c1-15(16-8-4-3-5-9-16)14-22-18(19-2)21-13-11-17-10-6-7-12-20-17;/h3-10,12,15H,11,13-14H2,1-2H3,(H2,19,21,22);1H. The van der Waals surface area contributed by atoms with E-state index in [2.05, 4.69) is 51.8 Å². The van der Waals surface area contributed by atoms with Crippen molar-refractivity contribution in [2.24, 2.45) is 4.99 Å². The first kappa shape index (κ1) is 19.4. The van der Waals surface area contributed by atoms with Crippen molar-refractivity contribution in [1.82, 2.24) is 15.6 Å². The van der Waals surface area contributed by atoms with Crippen LogP contribution in [0, 0.1) is 0 Å². The number of rotatable bonds is 6. The largest absolute Gasteiger partial charge is 0.356 e. The number of hydrogen-bond donors (Lipinski definition) is 2. The number of nitrogens with one attached hydrogen (secondary N) is 2. The highest BCUT2D eigenvalue weighted by Crippen LogP contribution is 2.12. The monoisotopic (exact) mass is 424 g/mol. The van der Waals surface area contributed by atoms with Gasteiger partial charge in [-0.2, -0.15) is 0 Å². The highest BCUT2D eigenvalue weighted by Gasteiger charge is 2.06. The van der Waals surface area contributed by atoms with Crippen molar-refractivity contribution in [2.75, 3.05) is 20.1 Å². The Morgan fingerprint density at radius 3 is 2.48 bits per heavy atom. The lowest BCUT2D eigenvalue weighted by atomic mass is 10.0. The van der Waals surface area contributed by atoms with Crippen molar-refractivity contribution in [1.29, 1.82) is 0 Å². The highest BCUT2D eigenvalue weighted by atomic mass is 127. The number of nitrogens with zero attached hydrogens (tertiary/aromatic N) is 2. The zero-order valence-electron chi connectivity index (χ0n) is 13.7. The Balaban J connectivity index is 0.00000264. The lowest BCUT2D eigenvalue weighted by Gasteiger charge is -2.16. The van der Waals surface area contributed by atoms with Crippen LogP contribution in [0.3, 0.4) is 0 Å². The normalized spacial score (nSPS) is 12.2. The van der Waals surface area contributed by atoms with Crippen molar-refractivity contribution in [2.45, 2.75) is 19.3 Å². The van der Waals surface area contributed by atoms with Crippen LogP contribution in [0.25, 0.3) is 0 Å². The molecule has 1 atom stereocenters. The van der Waals surface area contributed by atoms with E-state index in [0.29, 0.717) is 5.92 Å². The van der Waals surface area contributed by atoms with E-state index in [1.54, 1.807) is 7.05 Å². The summed E-state index contributed by atoms with van der Waals surface area (Å²) in [5.74, 6) is 1.27. The predicted molar refractivity (Wildman–Crippen MR) is 108 cm³/mol. The molecule has 2 N–H and O–H groups in total. The quantitative estimate of drug-likeness (QED) is 0.426. The minimum atomic E-state index is 0. The van der Waals surface area contributed by atoms with Crippen molar-refractivity contribution < 1.29 is 0 Å². The van der Waals surface area contributed by atoms with Gasteiger partial charge in [0.1, 0.15) is 0 Å². The van der Waals surface area contributed by atoms with E-state index in [1.165, 1.54) is 5.56 Å². The van der Waals surface area contributed by atoms with E-state index in [1.807, 2.05) is 30.5 Å². The molecule has 0 radical (unpaired) electrons. The minimum absolute atomic E-state index is 0. The first-order valence-corrected chi connectivity index (χ1v) is 7.69. The molecule has 2 aromatic rings. The Hall–Kier alpha value is -1.63. The van der Waals surface area contributed by atoms with Gasteiger partial charge in [0, 0.05) is 38.4 Å². The molecule has 0 saturated heterocycles. The summed E-state index contributed by atoms with van der Waals surface area (Å²) in [5, 5.41) is 6.70. The number of benzene rings is 1. The van der Waals surface area contributed by atoms with E-state index in [-0.39, 0.29) is 24.0 Å². The fraction of sp³-hybridized carbons (Fsp3) is 0.333. The van der Waals surface area contributed by atoms with Gasteiger partial charge < -0.3 is 10.6 Å². The molecule has 5 heteroatoms. The number of aromatic nitrogens is 1. The Kier molecular flexibility index (Phi) is 9.28. The molecule has 0 aliphatic carbocycles. The van der Waals surface area contributed by atoms with Crippen LogP contribution in [0.5, 0.6) is 0 Å². The second kappa shape index (κ2) is 11.0. The third-order valence-corrected chi connectivity index (χ3v) is 3.57. The first-order valence-electron chi connectivity index (χ1n) is 7.69. The van der Waals surface area contributed by atoms with Crippen LogP contribution in [0.2, 0.25) is 0 Å². The van der Waals surface area contributed by atoms with Gasteiger partial charge in [-0.05, 0) is 23.6 Å². The molecule has 1 unspecified atom stereocenters. The molecule has 23 heavy (non-hydrogen) atoms. The molecule has 4 nitrogen and oxygen atoms in total. The second-order valence-electron chi connectivity index (χ2n) is 5.26. The lowest BCUT2D eigenvalue weighted by molar-refractivity contribution is 0.696. The van der Waals surface area contributed by atoms with Gasteiger partial charge in [0.05, 0.1) is 0 Å². The molecule has 0 fully saturated rings. The van der Waals surface area contributed by atoms with Crippen molar-refractivity contribution in [3.8, 4) is 0 Å². The maximum absolute atomic E-state index is 4.32. The van der Waals surface area contributed by atoms with Gasteiger partial charge in [-0.1, -0.05) is 43.3 Å². The second-order valence-corrected chi connectivity index (χ2v) is 5.26. The van der Waals surface area contributed by atoms with Crippen LogP contribution >= 0.6 is 24.0 Å². The molecular formula is C18H25IN4. The van der Waals surface area contributed by atoms with E-state index >= 15 is 0 Å². The highest BCUT2D eigenvalue weighted by molar-refractivity contribution is 14.0. The Morgan fingerprint density at radius 1 is 1.09 bits per heavy atom. The topological polar surface area (TPSA) is 49.3 Å². The van der Waals surface area contributed by atoms with Crippen molar-refractivity contribution in [3.05, 3.63) is 66.0 Å². The molecule has 1 heterocycles. The fourth-order valence-corrected chi connectivity index (χ4v) is 2.22. The smallest absolute Gasteiger partial charge is 0.191 e. The number of pyridine rings is 1. The predicted octanol–water partition coefficient (Wildman–Crippen LogP) is 3.21. The van der Waals surface area contributed by atoms with Gasteiger partial charge in [0.2, 0.25) is 0 Å². The van der Waals surface area contributed by atoms with E-state index in [0.717, 1.165) is 31.2 Å². The van der Waals surface area contributed by atoms with Crippen molar-refractivity contribution in [3.63, 3.8) is 0 Å². The summed E-state index contributed by atoms with van der Waals surface area (Å²) in [6, 6.07) is 16.5. The summed E-state index contributed by atoms with van der Waals surface area (Å²) in [4.78, 5) is 8.57. The van der Waals surface area contributed by atoms with Gasteiger partial charge in [0.15, 0.2) is 5.96 Å². The van der Waals surface area contributed by atoms with Gasteiger partial charge in [0.25, 0.3) is 0 Å². The molecule has 1 aromatic carbocycles. The summed E-state index contributed by atoms with van der Waals surface area (Å²) in [6.45, 7) is 3.88. The van der Waals surface area contributed by atoms with E-state index in [9.17, 15) is 0 Å². The molecule has 0 bridgehead atoms. The van der Waals surface area contributed by atoms with Gasteiger partial charge in [-0.25, -0.2) is 0 Å². The third-order valence-electron chi connectivity index (χ3n) is 3.57. The van der Waals surface area contributed by atoms with Crippen LogP contribution in [0.4, 0.5) is 0 Å². The first-order chi connectivity index (χ1) is 10.8. The maximum Gasteiger partial charge on any atom is 0.191 e. The molecule has 0 amide bonds. The minimum Gasteiger partial charge on any atom is -0.356 e. The molecule has 1 aromatic heterocycles. The molecule has 124 valence electrons. The van der Waals surface area contributed by atoms with Crippen LogP contribution in [-0.2, 0) is 6.42 Å². The molecule has 0 aliphatic heterocycles. The van der Waals surface area contributed by atoms with E-state index in [4.69, 9.17) is 0 Å². The molecule has 0 aliphatic rings. The van der Waals surface area contributed by atoms with Gasteiger partial charge in [-0.3, -0.25) is 9.98 Å². The Bertz CT molecular complexity index is 572. The van der Waals surface area contributed by atoms with Crippen LogP contribution < -0.4 is 10.6 Å². The summed E-state index contributed by atoms with van der Waals surface area (Å²) in [7, 11) is 1.79. The molecule has 0 spiro atoms. The fourth-order valence-electron chi connectivity index (χ4n) is 2.22. The SMILES string of the molecule is CN=C(NCCc1ccccn1)NCC(C)c1ccccc1.I. The average molecular weight is 424 g/mol. The molecule has 2 rings (SSSR count). The number of guanidine groups is 1. The summed E-state index contributed by atoms with van der Waals surface area (Å²) >= 11 is 0. The van der Waals surface area contributed by atoms with Gasteiger partial charge in [-0.15, -0.1) is 24.0 Å². The lowest BCUT2D eigenvalue weighted by Crippen LogP contribution is -2.40. The number of hydrogen-bond acceptors (Lipinski definition) is 2. The Labute approximate surface area is 155 Å².